The van der Waals surface area contributed by atoms with Crippen LogP contribution in [0.1, 0.15) is 19.3 Å². The molecule has 2 heterocycles. The zero-order chi connectivity index (χ0) is 13.0. The Hall–Kier alpha value is -0.990. The van der Waals surface area contributed by atoms with Crippen molar-refractivity contribution in [3.63, 3.8) is 0 Å². The normalized spacial score (nSPS) is 19.6. The van der Waals surface area contributed by atoms with Crippen molar-refractivity contribution in [1.29, 1.82) is 0 Å². The Labute approximate surface area is 110 Å². The summed E-state index contributed by atoms with van der Waals surface area (Å²) in [6.45, 7) is 0.770. The molecule has 0 aliphatic carbocycles. The van der Waals surface area contributed by atoms with Crippen LogP contribution in [0.15, 0.2) is 11.6 Å². The number of anilines is 1. The van der Waals surface area contributed by atoms with Gasteiger partial charge in [0, 0.05) is 31.1 Å². The highest BCUT2D eigenvalue weighted by Crippen LogP contribution is 2.14. The standard InChI is InChI=1S/C10H15N3O3S2/c14-9(12-10-11-4-7-17-10)3-6-13-5-1-2-8-18(13,15)16/h4,7H,1-3,5-6,8H2,(H,11,12,14). The third kappa shape index (κ3) is 3.50. The number of hydrogen-bond acceptors (Lipinski definition) is 5. The number of carbonyl (C=O) groups excluding carboxylic acids is 1. The fraction of sp³-hybridized carbons (Fsp3) is 0.600. The second-order valence-electron chi connectivity index (χ2n) is 4.06. The summed E-state index contributed by atoms with van der Waals surface area (Å²) in [6, 6.07) is 0. The molecule has 1 aliphatic rings. The van der Waals surface area contributed by atoms with E-state index in [1.54, 1.807) is 11.6 Å². The molecule has 1 aromatic rings. The van der Waals surface area contributed by atoms with Gasteiger partial charge in [-0.1, -0.05) is 0 Å². The van der Waals surface area contributed by atoms with Crippen molar-refractivity contribution in [3.8, 4) is 0 Å². The van der Waals surface area contributed by atoms with Crippen molar-refractivity contribution in [1.82, 2.24) is 9.29 Å². The molecule has 0 radical (unpaired) electrons. The second kappa shape index (κ2) is 5.77. The summed E-state index contributed by atoms with van der Waals surface area (Å²) in [4.78, 5) is 15.5. The van der Waals surface area contributed by atoms with Crippen molar-refractivity contribution in [2.75, 3.05) is 24.2 Å². The van der Waals surface area contributed by atoms with Crippen molar-refractivity contribution >= 4 is 32.4 Å². The van der Waals surface area contributed by atoms with Crippen LogP contribution in [0, 0.1) is 0 Å². The van der Waals surface area contributed by atoms with Gasteiger partial charge in [0.15, 0.2) is 5.13 Å². The average Bonchev–Trinajstić information content (AvgIpc) is 2.80. The zero-order valence-electron chi connectivity index (χ0n) is 9.83. The molecular formula is C10H15N3O3S2. The SMILES string of the molecule is O=C(CCN1CCCCS1(=O)=O)Nc1nccs1. The van der Waals surface area contributed by atoms with Crippen LogP contribution in [0.3, 0.4) is 0 Å². The molecule has 1 N–H and O–H groups in total. The van der Waals surface area contributed by atoms with Gasteiger partial charge in [0.25, 0.3) is 0 Å². The molecule has 1 amide bonds. The number of hydrogen-bond donors (Lipinski definition) is 1. The lowest BCUT2D eigenvalue weighted by Gasteiger charge is -2.25. The highest BCUT2D eigenvalue weighted by atomic mass is 32.2. The van der Waals surface area contributed by atoms with E-state index in [1.807, 2.05) is 0 Å². The number of aromatic nitrogens is 1. The topological polar surface area (TPSA) is 79.4 Å². The molecule has 0 bridgehead atoms. The Bertz CT molecular complexity index is 498. The number of sulfonamides is 1. The highest BCUT2D eigenvalue weighted by Gasteiger charge is 2.25. The summed E-state index contributed by atoms with van der Waals surface area (Å²) in [7, 11) is -3.14. The lowest BCUT2D eigenvalue weighted by molar-refractivity contribution is -0.116. The van der Waals surface area contributed by atoms with Gasteiger partial charge in [-0.2, -0.15) is 0 Å². The quantitative estimate of drug-likeness (QED) is 0.893. The van der Waals surface area contributed by atoms with Gasteiger partial charge >= 0.3 is 0 Å². The summed E-state index contributed by atoms with van der Waals surface area (Å²) in [6.07, 6.45) is 3.35. The number of carbonyl (C=O) groups is 1. The van der Waals surface area contributed by atoms with E-state index in [-0.39, 0.29) is 24.6 Å². The van der Waals surface area contributed by atoms with E-state index >= 15 is 0 Å². The summed E-state index contributed by atoms with van der Waals surface area (Å²) in [5.74, 6) is -0.00750. The largest absolute Gasteiger partial charge is 0.302 e. The summed E-state index contributed by atoms with van der Waals surface area (Å²) in [5, 5.41) is 4.95. The molecule has 0 atom stereocenters. The van der Waals surface area contributed by atoms with Crippen LogP contribution in [0.5, 0.6) is 0 Å². The molecule has 0 saturated carbocycles. The van der Waals surface area contributed by atoms with Gasteiger partial charge in [0.05, 0.1) is 5.75 Å². The predicted molar refractivity (Wildman–Crippen MR) is 70.0 cm³/mol. The maximum atomic E-state index is 11.7. The van der Waals surface area contributed by atoms with Crippen LogP contribution in [0.2, 0.25) is 0 Å². The monoisotopic (exact) mass is 289 g/mol. The van der Waals surface area contributed by atoms with Crippen LogP contribution < -0.4 is 5.32 Å². The predicted octanol–water partition coefficient (Wildman–Crippen LogP) is 0.897. The van der Waals surface area contributed by atoms with E-state index in [0.717, 1.165) is 6.42 Å². The zero-order valence-corrected chi connectivity index (χ0v) is 11.5. The molecular weight excluding hydrogens is 274 g/mol. The molecule has 100 valence electrons. The molecule has 2 rings (SSSR count). The number of thiazole rings is 1. The van der Waals surface area contributed by atoms with Gasteiger partial charge in [-0.15, -0.1) is 11.3 Å². The first-order valence-corrected chi connectivity index (χ1v) is 8.24. The Balaban J connectivity index is 1.82. The minimum atomic E-state index is -3.14. The third-order valence-electron chi connectivity index (χ3n) is 2.72. The first-order chi connectivity index (χ1) is 8.58. The van der Waals surface area contributed by atoms with Gasteiger partial charge in [-0.05, 0) is 12.8 Å². The number of nitrogens with one attached hydrogen (secondary N) is 1. The van der Waals surface area contributed by atoms with Gasteiger partial charge < -0.3 is 5.32 Å². The van der Waals surface area contributed by atoms with E-state index in [2.05, 4.69) is 10.3 Å². The molecule has 1 aromatic heterocycles. The van der Waals surface area contributed by atoms with E-state index in [9.17, 15) is 13.2 Å². The summed E-state index contributed by atoms with van der Waals surface area (Å²) < 4.78 is 24.8. The van der Waals surface area contributed by atoms with Crippen molar-refractivity contribution < 1.29 is 13.2 Å². The number of nitrogens with zero attached hydrogens (tertiary/aromatic N) is 2. The molecule has 8 heteroatoms. The van der Waals surface area contributed by atoms with Gasteiger partial charge in [0.2, 0.25) is 15.9 Å². The minimum Gasteiger partial charge on any atom is -0.302 e. The van der Waals surface area contributed by atoms with Gasteiger partial charge in [0.1, 0.15) is 0 Å². The number of amides is 1. The highest BCUT2D eigenvalue weighted by molar-refractivity contribution is 7.89. The van der Waals surface area contributed by atoms with Crippen LogP contribution in [-0.4, -0.2) is 42.5 Å². The fourth-order valence-electron chi connectivity index (χ4n) is 1.78. The van der Waals surface area contributed by atoms with Crippen LogP contribution >= 0.6 is 11.3 Å². The van der Waals surface area contributed by atoms with Gasteiger partial charge in [-0.25, -0.2) is 17.7 Å². The van der Waals surface area contributed by atoms with E-state index in [0.29, 0.717) is 18.1 Å². The first-order valence-electron chi connectivity index (χ1n) is 5.75. The molecule has 1 aliphatic heterocycles. The van der Waals surface area contributed by atoms with E-state index in [1.165, 1.54) is 15.6 Å². The van der Waals surface area contributed by atoms with Crippen LogP contribution in [0.25, 0.3) is 0 Å². The Morgan fingerprint density at radius 2 is 2.33 bits per heavy atom. The minimum absolute atomic E-state index is 0.165. The van der Waals surface area contributed by atoms with Gasteiger partial charge in [-0.3, -0.25) is 4.79 Å². The molecule has 1 saturated heterocycles. The fourth-order valence-corrected chi connectivity index (χ4v) is 3.93. The summed E-state index contributed by atoms with van der Waals surface area (Å²) >= 11 is 1.34. The Morgan fingerprint density at radius 3 is 3.00 bits per heavy atom. The lowest BCUT2D eigenvalue weighted by atomic mass is 10.3. The maximum Gasteiger partial charge on any atom is 0.227 e. The average molecular weight is 289 g/mol. The molecule has 1 fully saturated rings. The van der Waals surface area contributed by atoms with Crippen LogP contribution in [-0.2, 0) is 14.8 Å². The lowest BCUT2D eigenvalue weighted by Crippen LogP contribution is -2.39. The smallest absolute Gasteiger partial charge is 0.227 e. The summed E-state index contributed by atoms with van der Waals surface area (Å²) in [5.41, 5.74) is 0. The third-order valence-corrected chi connectivity index (χ3v) is 5.37. The maximum absolute atomic E-state index is 11.7. The van der Waals surface area contributed by atoms with E-state index in [4.69, 9.17) is 0 Å². The van der Waals surface area contributed by atoms with Crippen molar-refractivity contribution in [2.45, 2.75) is 19.3 Å². The van der Waals surface area contributed by atoms with Crippen molar-refractivity contribution in [2.24, 2.45) is 0 Å². The molecule has 0 unspecified atom stereocenters. The van der Waals surface area contributed by atoms with Crippen LogP contribution in [0.4, 0.5) is 5.13 Å². The molecule has 0 spiro atoms. The first kappa shape index (κ1) is 13.4. The Morgan fingerprint density at radius 1 is 1.50 bits per heavy atom. The Kier molecular flexibility index (Phi) is 4.31. The molecule has 6 nitrogen and oxygen atoms in total. The molecule has 18 heavy (non-hydrogen) atoms. The molecule has 0 aromatic carbocycles. The number of rotatable bonds is 4. The second-order valence-corrected chi connectivity index (χ2v) is 7.04. The van der Waals surface area contributed by atoms with E-state index < -0.39 is 10.0 Å². The van der Waals surface area contributed by atoms with Crippen molar-refractivity contribution in [3.05, 3.63) is 11.6 Å².